The van der Waals surface area contributed by atoms with E-state index in [4.69, 9.17) is 9.26 Å². The molecule has 0 fully saturated rings. The molecular formula is C14H17N3O6S2. The van der Waals surface area contributed by atoms with Crippen LogP contribution < -0.4 is 10.0 Å². The molecule has 2 aromatic rings. The van der Waals surface area contributed by atoms with E-state index >= 15 is 0 Å². The zero-order valence-corrected chi connectivity index (χ0v) is 15.1. The molecule has 0 bridgehead atoms. The number of amides is 1. The molecule has 25 heavy (non-hydrogen) atoms. The monoisotopic (exact) mass is 387 g/mol. The van der Waals surface area contributed by atoms with Crippen LogP contribution in [0.1, 0.15) is 19.1 Å². The molecule has 0 aliphatic rings. The number of hydrogen-bond donors (Lipinski definition) is 2. The summed E-state index contributed by atoms with van der Waals surface area (Å²) in [5.41, 5.74) is 0. The molecule has 2 heterocycles. The van der Waals surface area contributed by atoms with Crippen LogP contribution in [-0.4, -0.2) is 38.1 Å². The SMILES string of the molecule is Cc1cc(NC(=O)C(C)OC(=O)CCNS(=O)(=O)c2cccs2)no1. The predicted octanol–water partition coefficient (Wildman–Crippen LogP) is 1.28. The molecule has 2 N–H and O–H groups in total. The van der Waals surface area contributed by atoms with Gasteiger partial charge in [-0.05, 0) is 25.3 Å². The van der Waals surface area contributed by atoms with Gasteiger partial charge in [-0.15, -0.1) is 11.3 Å². The number of carbonyl (C=O) groups excluding carboxylic acids is 2. The summed E-state index contributed by atoms with van der Waals surface area (Å²) in [6.45, 7) is 2.94. The van der Waals surface area contributed by atoms with Crippen molar-refractivity contribution in [2.75, 3.05) is 11.9 Å². The minimum Gasteiger partial charge on any atom is -0.452 e. The molecule has 0 saturated heterocycles. The van der Waals surface area contributed by atoms with Gasteiger partial charge in [0.25, 0.3) is 5.91 Å². The molecule has 0 aromatic carbocycles. The third-order valence-electron chi connectivity index (χ3n) is 2.94. The Morgan fingerprint density at radius 3 is 2.80 bits per heavy atom. The third kappa shape index (κ3) is 5.66. The van der Waals surface area contributed by atoms with Crippen LogP contribution in [0.15, 0.2) is 32.3 Å². The zero-order chi connectivity index (χ0) is 18.4. The van der Waals surface area contributed by atoms with Crippen molar-refractivity contribution in [2.24, 2.45) is 0 Å². The second-order valence-corrected chi connectivity index (χ2v) is 7.97. The maximum Gasteiger partial charge on any atom is 0.307 e. The number of hydrogen-bond acceptors (Lipinski definition) is 8. The summed E-state index contributed by atoms with van der Waals surface area (Å²) < 4.78 is 36.0. The number of thiophene rings is 1. The fourth-order valence-corrected chi connectivity index (χ4v) is 3.81. The van der Waals surface area contributed by atoms with Crippen molar-refractivity contribution in [3.05, 3.63) is 29.3 Å². The highest BCUT2D eigenvalue weighted by atomic mass is 32.2. The van der Waals surface area contributed by atoms with Gasteiger partial charge in [-0.25, -0.2) is 13.1 Å². The summed E-state index contributed by atoms with van der Waals surface area (Å²) in [6.07, 6.45) is -1.26. The number of nitrogens with zero attached hydrogens (tertiary/aromatic N) is 1. The van der Waals surface area contributed by atoms with Crippen molar-refractivity contribution < 1.29 is 27.3 Å². The van der Waals surface area contributed by atoms with E-state index in [9.17, 15) is 18.0 Å². The van der Waals surface area contributed by atoms with Gasteiger partial charge in [0.05, 0.1) is 6.42 Å². The average molecular weight is 387 g/mol. The molecular weight excluding hydrogens is 370 g/mol. The summed E-state index contributed by atoms with van der Waals surface area (Å²) in [5.74, 6) is -0.527. The summed E-state index contributed by atoms with van der Waals surface area (Å²) >= 11 is 1.07. The van der Waals surface area contributed by atoms with Crippen LogP contribution in [0.2, 0.25) is 0 Å². The standard InChI is InChI=1S/C14H17N3O6S2/c1-9-8-11(17-23-9)16-14(19)10(2)22-12(18)5-6-15-25(20,21)13-4-3-7-24-13/h3-4,7-8,10,15H,5-6H2,1-2H3,(H,16,17,19). The first-order valence-corrected chi connectivity index (χ1v) is 9.61. The minimum atomic E-state index is -3.63. The number of rotatable bonds is 8. The average Bonchev–Trinajstić information content (AvgIpc) is 3.19. The molecule has 2 aromatic heterocycles. The first-order valence-electron chi connectivity index (χ1n) is 7.25. The molecule has 1 unspecified atom stereocenters. The van der Waals surface area contributed by atoms with E-state index in [1.54, 1.807) is 18.4 Å². The van der Waals surface area contributed by atoms with E-state index in [1.807, 2.05) is 0 Å². The summed E-state index contributed by atoms with van der Waals surface area (Å²) in [5, 5.41) is 7.67. The lowest BCUT2D eigenvalue weighted by Crippen LogP contribution is -2.32. The van der Waals surface area contributed by atoms with Crippen molar-refractivity contribution in [1.29, 1.82) is 0 Å². The molecule has 0 radical (unpaired) electrons. The number of nitrogens with one attached hydrogen (secondary N) is 2. The largest absolute Gasteiger partial charge is 0.452 e. The quantitative estimate of drug-likeness (QED) is 0.653. The lowest BCUT2D eigenvalue weighted by atomic mass is 10.3. The topological polar surface area (TPSA) is 128 Å². The molecule has 2 rings (SSSR count). The van der Waals surface area contributed by atoms with Gasteiger partial charge in [0.1, 0.15) is 9.97 Å². The molecule has 9 nitrogen and oxygen atoms in total. The molecule has 11 heteroatoms. The highest BCUT2D eigenvalue weighted by molar-refractivity contribution is 7.91. The first-order chi connectivity index (χ1) is 11.8. The van der Waals surface area contributed by atoms with E-state index in [1.165, 1.54) is 19.1 Å². The van der Waals surface area contributed by atoms with Gasteiger partial charge >= 0.3 is 5.97 Å². The number of ether oxygens (including phenoxy) is 1. The fraction of sp³-hybridized carbons (Fsp3) is 0.357. The molecule has 0 spiro atoms. The van der Waals surface area contributed by atoms with Gasteiger partial charge in [-0.3, -0.25) is 9.59 Å². The van der Waals surface area contributed by atoms with Gasteiger partial charge in [0.2, 0.25) is 10.0 Å². The van der Waals surface area contributed by atoms with E-state index < -0.39 is 28.0 Å². The lowest BCUT2D eigenvalue weighted by molar-refractivity contribution is -0.152. The zero-order valence-electron chi connectivity index (χ0n) is 13.5. The summed E-state index contributed by atoms with van der Waals surface area (Å²) in [4.78, 5) is 23.6. The van der Waals surface area contributed by atoms with Crippen LogP contribution in [-0.2, 0) is 24.3 Å². The predicted molar refractivity (Wildman–Crippen MR) is 89.5 cm³/mol. The Morgan fingerprint density at radius 1 is 1.44 bits per heavy atom. The number of esters is 1. The number of anilines is 1. The van der Waals surface area contributed by atoms with E-state index in [-0.39, 0.29) is 23.0 Å². The number of aryl methyl sites for hydroxylation is 1. The highest BCUT2D eigenvalue weighted by Crippen LogP contribution is 2.15. The summed E-state index contributed by atoms with van der Waals surface area (Å²) in [7, 11) is -3.63. The van der Waals surface area contributed by atoms with Crippen LogP contribution in [0, 0.1) is 6.92 Å². The van der Waals surface area contributed by atoms with Crippen LogP contribution in [0.4, 0.5) is 5.82 Å². The van der Waals surface area contributed by atoms with Crippen molar-refractivity contribution in [2.45, 2.75) is 30.6 Å². The number of sulfonamides is 1. The van der Waals surface area contributed by atoms with Gasteiger partial charge in [-0.2, -0.15) is 0 Å². The molecule has 0 aliphatic carbocycles. The Bertz CT molecular complexity index is 829. The van der Waals surface area contributed by atoms with Crippen LogP contribution >= 0.6 is 11.3 Å². The fourth-order valence-electron chi connectivity index (χ4n) is 1.74. The normalized spacial score (nSPS) is 12.6. The number of aromatic nitrogens is 1. The second-order valence-electron chi connectivity index (χ2n) is 5.02. The van der Waals surface area contributed by atoms with Gasteiger partial charge in [0.15, 0.2) is 11.9 Å². The van der Waals surface area contributed by atoms with E-state index in [2.05, 4.69) is 15.2 Å². The van der Waals surface area contributed by atoms with Crippen LogP contribution in [0.25, 0.3) is 0 Å². The van der Waals surface area contributed by atoms with Gasteiger partial charge < -0.3 is 14.6 Å². The van der Waals surface area contributed by atoms with E-state index in [0.717, 1.165) is 11.3 Å². The van der Waals surface area contributed by atoms with Crippen LogP contribution in [0.5, 0.6) is 0 Å². The Balaban J connectivity index is 1.75. The van der Waals surface area contributed by atoms with Crippen molar-refractivity contribution in [3.63, 3.8) is 0 Å². The Hall–Kier alpha value is -2.24. The molecule has 136 valence electrons. The maximum atomic E-state index is 11.9. The lowest BCUT2D eigenvalue weighted by Gasteiger charge is -2.12. The molecule has 1 amide bonds. The van der Waals surface area contributed by atoms with Crippen molar-refractivity contribution >= 4 is 39.1 Å². The number of carbonyl (C=O) groups is 2. The smallest absolute Gasteiger partial charge is 0.307 e. The molecule has 1 atom stereocenters. The molecule has 0 aliphatic heterocycles. The highest BCUT2D eigenvalue weighted by Gasteiger charge is 2.20. The van der Waals surface area contributed by atoms with Gasteiger partial charge in [0, 0.05) is 12.6 Å². The Labute approximate surface area is 148 Å². The minimum absolute atomic E-state index is 0.129. The van der Waals surface area contributed by atoms with Crippen molar-refractivity contribution in [3.8, 4) is 0 Å². The van der Waals surface area contributed by atoms with Crippen LogP contribution in [0.3, 0.4) is 0 Å². The summed E-state index contributed by atoms with van der Waals surface area (Å²) in [6, 6.07) is 4.60. The second kappa shape index (κ2) is 8.23. The third-order valence-corrected chi connectivity index (χ3v) is 5.80. The van der Waals surface area contributed by atoms with Crippen molar-refractivity contribution in [1.82, 2.24) is 9.88 Å². The Morgan fingerprint density at radius 2 is 2.20 bits per heavy atom. The Kier molecular flexibility index (Phi) is 6.28. The molecule has 0 saturated carbocycles. The van der Waals surface area contributed by atoms with E-state index in [0.29, 0.717) is 5.76 Å². The maximum absolute atomic E-state index is 11.9. The van der Waals surface area contributed by atoms with Gasteiger partial charge in [-0.1, -0.05) is 11.2 Å². The first kappa shape index (κ1) is 19.1.